The third kappa shape index (κ3) is 1.24. The molecule has 1 aromatic carbocycles. The van der Waals surface area contributed by atoms with Crippen molar-refractivity contribution in [1.29, 1.82) is 0 Å². The Labute approximate surface area is 73.6 Å². The second kappa shape index (κ2) is 3.05. The first kappa shape index (κ1) is 8.91. The molecule has 0 aliphatic rings. The smallest absolute Gasteiger partial charge is 0.0583 e. The molecule has 66 valence electrons. The highest BCUT2D eigenvalue weighted by molar-refractivity contribution is 5.72. The van der Waals surface area contributed by atoms with Gasteiger partial charge in [-0.2, -0.15) is 0 Å². The molecule has 0 bridgehead atoms. The quantitative estimate of drug-likeness (QED) is 0.624. The molecule has 2 nitrogen and oxygen atoms in total. The summed E-state index contributed by atoms with van der Waals surface area (Å²) in [5.41, 5.74) is 16.6. The molecule has 0 aromatic heterocycles. The van der Waals surface area contributed by atoms with Gasteiger partial charge in [-0.05, 0) is 37.0 Å². The van der Waals surface area contributed by atoms with Crippen molar-refractivity contribution in [3.63, 3.8) is 0 Å². The summed E-state index contributed by atoms with van der Waals surface area (Å²) >= 11 is 0. The zero-order chi connectivity index (χ0) is 9.30. The van der Waals surface area contributed by atoms with E-state index >= 15 is 0 Å². The van der Waals surface area contributed by atoms with Gasteiger partial charge in [0.05, 0.1) is 11.4 Å². The molecule has 1 rings (SSSR count). The third-order valence-corrected chi connectivity index (χ3v) is 2.37. The largest absolute Gasteiger partial charge is 0.397 e. The second-order valence-corrected chi connectivity index (χ2v) is 3.16. The van der Waals surface area contributed by atoms with E-state index < -0.39 is 0 Å². The van der Waals surface area contributed by atoms with Crippen LogP contribution in [0.1, 0.15) is 23.6 Å². The molecule has 0 amide bonds. The standard InChI is InChI=1S/C10H16N2/c1-4-8-5-6(2)9(11)10(12)7(8)3/h5H,4,11-12H2,1-3H3. The highest BCUT2D eigenvalue weighted by atomic mass is 14.7. The van der Waals surface area contributed by atoms with E-state index in [0.717, 1.165) is 28.9 Å². The summed E-state index contributed by atoms with van der Waals surface area (Å²) < 4.78 is 0. The Balaban J connectivity index is 3.39. The Hall–Kier alpha value is -1.18. The van der Waals surface area contributed by atoms with Gasteiger partial charge in [-0.15, -0.1) is 0 Å². The fraction of sp³-hybridized carbons (Fsp3) is 0.400. The van der Waals surface area contributed by atoms with Gasteiger partial charge < -0.3 is 11.5 Å². The second-order valence-electron chi connectivity index (χ2n) is 3.16. The lowest BCUT2D eigenvalue weighted by molar-refractivity contribution is 1.10. The van der Waals surface area contributed by atoms with E-state index in [9.17, 15) is 0 Å². The number of benzene rings is 1. The van der Waals surface area contributed by atoms with Crippen LogP contribution in [0.2, 0.25) is 0 Å². The average molecular weight is 164 g/mol. The molecule has 0 heterocycles. The van der Waals surface area contributed by atoms with E-state index in [1.165, 1.54) is 5.56 Å². The Morgan fingerprint density at radius 3 is 2.25 bits per heavy atom. The van der Waals surface area contributed by atoms with Crippen molar-refractivity contribution in [2.45, 2.75) is 27.2 Å². The summed E-state index contributed by atoms with van der Waals surface area (Å²) in [6.45, 7) is 6.13. The molecular weight excluding hydrogens is 148 g/mol. The Bertz CT molecular complexity index is 303. The molecule has 0 spiro atoms. The van der Waals surface area contributed by atoms with Crippen LogP contribution in [0.3, 0.4) is 0 Å². The van der Waals surface area contributed by atoms with Crippen LogP contribution < -0.4 is 11.5 Å². The summed E-state index contributed by atoms with van der Waals surface area (Å²) in [7, 11) is 0. The number of anilines is 2. The molecule has 4 N–H and O–H groups in total. The minimum Gasteiger partial charge on any atom is -0.397 e. The fourth-order valence-corrected chi connectivity index (χ4v) is 1.40. The Morgan fingerprint density at radius 1 is 1.17 bits per heavy atom. The van der Waals surface area contributed by atoms with Crippen molar-refractivity contribution in [3.05, 3.63) is 22.8 Å². The normalized spacial score (nSPS) is 10.2. The molecule has 0 saturated carbocycles. The van der Waals surface area contributed by atoms with Crippen molar-refractivity contribution in [1.82, 2.24) is 0 Å². The van der Waals surface area contributed by atoms with Gasteiger partial charge in [0.1, 0.15) is 0 Å². The molecule has 0 unspecified atom stereocenters. The van der Waals surface area contributed by atoms with Gasteiger partial charge in [0.25, 0.3) is 0 Å². The maximum Gasteiger partial charge on any atom is 0.0583 e. The number of aryl methyl sites for hydroxylation is 2. The predicted octanol–water partition coefficient (Wildman–Crippen LogP) is 2.03. The van der Waals surface area contributed by atoms with Gasteiger partial charge in [-0.1, -0.05) is 13.0 Å². The lowest BCUT2D eigenvalue weighted by atomic mass is 10.00. The lowest BCUT2D eigenvalue weighted by Gasteiger charge is -2.11. The number of nitrogens with two attached hydrogens (primary N) is 2. The van der Waals surface area contributed by atoms with Crippen LogP contribution in [-0.4, -0.2) is 0 Å². The van der Waals surface area contributed by atoms with Gasteiger partial charge in [0.2, 0.25) is 0 Å². The van der Waals surface area contributed by atoms with Crippen LogP contribution in [0, 0.1) is 13.8 Å². The number of nitrogen functional groups attached to an aromatic ring is 2. The van der Waals surface area contributed by atoms with Crippen molar-refractivity contribution >= 4 is 11.4 Å². The van der Waals surface area contributed by atoms with E-state index in [-0.39, 0.29) is 0 Å². The van der Waals surface area contributed by atoms with Crippen molar-refractivity contribution in [2.24, 2.45) is 0 Å². The first-order chi connectivity index (χ1) is 5.57. The molecule has 0 saturated heterocycles. The number of hydrogen-bond acceptors (Lipinski definition) is 2. The van der Waals surface area contributed by atoms with Crippen molar-refractivity contribution in [3.8, 4) is 0 Å². The Kier molecular flexibility index (Phi) is 2.27. The summed E-state index contributed by atoms with van der Waals surface area (Å²) in [5.74, 6) is 0. The SMILES string of the molecule is CCc1cc(C)c(N)c(N)c1C. The zero-order valence-corrected chi connectivity index (χ0v) is 7.94. The third-order valence-electron chi connectivity index (χ3n) is 2.37. The summed E-state index contributed by atoms with van der Waals surface area (Å²) in [5, 5.41) is 0. The molecule has 1 aromatic rings. The molecule has 0 radical (unpaired) electrons. The van der Waals surface area contributed by atoms with E-state index in [1.807, 2.05) is 13.8 Å². The van der Waals surface area contributed by atoms with Crippen LogP contribution in [0.15, 0.2) is 6.07 Å². The molecule has 0 atom stereocenters. The van der Waals surface area contributed by atoms with Crippen LogP contribution in [-0.2, 0) is 6.42 Å². The van der Waals surface area contributed by atoms with Gasteiger partial charge in [-0.3, -0.25) is 0 Å². The van der Waals surface area contributed by atoms with Crippen LogP contribution >= 0.6 is 0 Å². The highest BCUT2D eigenvalue weighted by Gasteiger charge is 2.06. The molecule has 12 heavy (non-hydrogen) atoms. The first-order valence-electron chi connectivity index (χ1n) is 4.22. The maximum atomic E-state index is 5.83. The monoisotopic (exact) mass is 164 g/mol. The molecule has 0 aliphatic heterocycles. The highest BCUT2D eigenvalue weighted by Crippen LogP contribution is 2.26. The summed E-state index contributed by atoms with van der Waals surface area (Å²) in [4.78, 5) is 0. The van der Waals surface area contributed by atoms with Crippen LogP contribution in [0.25, 0.3) is 0 Å². The van der Waals surface area contributed by atoms with Gasteiger partial charge in [0.15, 0.2) is 0 Å². The van der Waals surface area contributed by atoms with Gasteiger partial charge in [-0.25, -0.2) is 0 Å². The minimum absolute atomic E-state index is 0.727. The molecular formula is C10H16N2. The fourth-order valence-electron chi connectivity index (χ4n) is 1.40. The van der Waals surface area contributed by atoms with Crippen molar-refractivity contribution in [2.75, 3.05) is 11.5 Å². The summed E-state index contributed by atoms with van der Waals surface area (Å²) in [6, 6.07) is 2.11. The lowest BCUT2D eigenvalue weighted by Crippen LogP contribution is -2.02. The van der Waals surface area contributed by atoms with Crippen LogP contribution in [0.5, 0.6) is 0 Å². The topological polar surface area (TPSA) is 52.0 Å². The minimum atomic E-state index is 0.727. The summed E-state index contributed by atoms with van der Waals surface area (Å²) in [6.07, 6.45) is 1.01. The van der Waals surface area contributed by atoms with E-state index in [2.05, 4.69) is 13.0 Å². The average Bonchev–Trinajstić information content (AvgIpc) is 2.08. The van der Waals surface area contributed by atoms with E-state index in [4.69, 9.17) is 11.5 Å². The van der Waals surface area contributed by atoms with Crippen molar-refractivity contribution < 1.29 is 0 Å². The first-order valence-corrected chi connectivity index (χ1v) is 4.22. The predicted molar refractivity (Wildman–Crippen MR) is 54.1 cm³/mol. The number of hydrogen-bond donors (Lipinski definition) is 2. The van der Waals surface area contributed by atoms with E-state index in [1.54, 1.807) is 0 Å². The maximum absolute atomic E-state index is 5.83. The van der Waals surface area contributed by atoms with Gasteiger partial charge in [0, 0.05) is 0 Å². The Morgan fingerprint density at radius 2 is 1.75 bits per heavy atom. The molecule has 2 heteroatoms. The zero-order valence-electron chi connectivity index (χ0n) is 7.94. The van der Waals surface area contributed by atoms with Gasteiger partial charge >= 0.3 is 0 Å². The molecule has 0 aliphatic carbocycles. The van der Waals surface area contributed by atoms with E-state index in [0.29, 0.717) is 0 Å². The number of rotatable bonds is 1. The van der Waals surface area contributed by atoms with Crippen LogP contribution in [0.4, 0.5) is 11.4 Å². The molecule has 0 fully saturated rings.